The van der Waals surface area contributed by atoms with Crippen LogP contribution in [0, 0.1) is 0 Å². The number of anilines is 1. The summed E-state index contributed by atoms with van der Waals surface area (Å²) in [4.78, 5) is 15.1. The molecule has 7 nitrogen and oxygen atoms in total. The number of sulfonamides is 1. The minimum Gasteiger partial charge on any atom is -0.492 e. The van der Waals surface area contributed by atoms with Gasteiger partial charge in [-0.15, -0.1) is 0 Å². The summed E-state index contributed by atoms with van der Waals surface area (Å²) in [6.07, 6.45) is 4.18. The fourth-order valence-corrected chi connectivity index (χ4v) is 5.49. The minimum atomic E-state index is -3.72. The van der Waals surface area contributed by atoms with Crippen molar-refractivity contribution in [3.63, 3.8) is 0 Å². The molecule has 0 atom stereocenters. The molecule has 8 heteroatoms. The molecule has 1 aliphatic rings. The van der Waals surface area contributed by atoms with Gasteiger partial charge < -0.3 is 10.1 Å². The maximum Gasteiger partial charge on any atom is 0.255 e. The first kappa shape index (κ1) is 25.6. The van der Waals surface area contributed by atoms with Gasteiger partial charge in [-0.2, -0.15) is 4.31 Å². The van der Waals surface area contributed by atoms with Crippen LogP contribution in [0.5, 0.6) is 5.75 Å². The molecule has 0 saturated carbocycles. The van der Waals surface area contributed by atoms with Gasteiger partial charge in [0.2, 0.25) is 10.0 Å². The molecular weight excluding hydrogens is 474 g/mol. The predicted molar refractivity (Wildman–Crippen MR) is 143 cm³/mol. The number of nitrogens with one attached hydrogen (secondary N) is 1. The highest BCUT2D eigenvalue weighted by Gasteiger charge is 2.29. The van der Waals surface area contributed by atoms with Gasteiger partial charge in [0, 0.05) is 38.3 Å². The van der Waals surface area contributed by atoms with Crippen LogP contribution < -0.4 is 10.1 Å². The topological polar surface area (TPSA) is 79.0 Å². The van der Waals surface area contributed by atoms with E-state index in [2.05, 4.69) is 22.4 Å². The molecule has 1 N–H and O–H groups in total. The molecule has 3 aromatic carbocycles. The number of carbonyl (C=O) groups is 1. The van der Waals surface area contributed by atoms with Gasteiger partial charge in [-0.3, -0.25) is 9.69 Å². The summed E-state index contributed by atoms with van der Waals surface area (Å²) in [5.74, 6) is 0.0963. The molecule has 4 rings (SSSR count). The fourth-order valence-electron chi connectivity index (χ4n) is 4.04. The Kier molecular flexibility index (Phi) is 8.53. The second kappa shape index (κ2) is 12.0. The van der Waals surface area contributed by atoms with Gasteiger partial charge in [-0.05, 0) is 42.8 Å². The average molecular weight is 506 g/mol. The van der Waals surface area contributed by atoms with E-state index in [0.29, 0.717) is 49.8 Å². The summed E-state index contributed by atoms with van der Waals surface area (Å²) < 4.78 is 34.0. The van der Waals surface area contributed by atoms with Crippen molar-refractivity contribution in [2.45, 2.75) is 11.8 Å². The van der Waals surface area contributed by atoms with Crippen LogP contribution in [0.3, 0.4) is 0 Å². The van der Waals surface area contributed by atoms with Gasteiger partial charge in [0.05, 0.1) is 17.2 Å². The molecule has 1 heterocycles. The smallest absolute Gasteiger partial charge is 0.255 e. The molecule has 188 valence electrons. The maximum atomic E-state index is 13.4. The van der Waals surface area contributed by atoms with Crippen molar-refractivity contribution in [1.29, 1.82) is 0 Å². The molecule has 36 heavy (non-hydrogen) atoms. The Labute approximate surface area is 213 Å². The van der Waals surface area contributed by atoms with Crippen LogP contribution in [0.2, 0.25) is 0 Å². The Morgan fingerprint density at radius 3 is 2.28 bits per heavy atom. The number of piperazine rings is 1. The number of hydrogen-bond acceptors (Lipinski definition) is 5. The number of hydrogen-bond donors (Lipinski definition) is 1. The van der Waals surface area contributed by atoms with E-state index in [4.69, 9.17) is 4.74 Å². The van der Waals surface area contributed by atoms with Crippen molar-refractivity contribution >= 4 is 27.7 Å². The number of ether oxygens (including phenoxy) is 1. The molecule has 1 fully saturated rings. The van der Waals surface area contributed by atoms with Crippen molar-refractivity contribution in [2.24, 2.45) is 0 Å². The normalized spacial score (nSPS) is 15.1. The fraction of sp³-hybridized carbons (Fsp3) is 0.250. The van der Waals surface area contributed by atoms with E-state index in [0.717, 1.165) is 12.1 Å². The second-order valence-electron chi connectivity index (χ2n) is 8.43. The Morgan fingerprint density at radius 2 is 1.61 bits per heavy atom. The van der Waals surface area contributed by atoms with Gasteiger partial charge in [-0.1, -0.05) is 60.7 Å². The molecule has 0 bridgehead atoms. The van der Waals surface area contributed by atoms with E-state index < -0.39 is 10.0 Å². The van der Waals surface area contributed by atoms with Crippen LogP contribution in [0.1, 0.15) is 22.8 Å². The largest absolute Gasteiger partial charge is 0.492 e. The van der Waals surface area contributed by atoms with E-state index in [-0.39, 0.29) is 10.8 Å². The monoisotopic (exact) mass is 505 g/mol. The quantitative estimate of drug-likeness (QED) is 0.468. The first-order valence-electron chi connectivity index (χ1n) is 12.0. The second-order valence-corrected chi connectivity index (χ2v) is 10.4. The first-order chi connectivity index (χ1) is 17.5. The van der Waals surface area contributed by atoms with Gasteiger partial charge in [0.15, 0.2) is 0 Å². The maximum absolute atomic E-state index is 13.4. The lowest BCUT2D eigenvalue weighted by Crippen LogP contribution is -2.48. The van der Waals surface area contributed by atoms with E-state index in [9.17, 15) is 13.2 Å². The van der Waals surface area contributed by atoms with Crippen molar-refractivity contribution in [1.82, 2.24) is 9.21 Å². The summed E-state index contributed by atoms with van der Waals surface area (Å²) in [5, 5.41) is 2.81. The van der Waals surface area contributed by atoms with Crippen LogP contribution in [-0.2, 0) is 10.0 Å². The third kappa shape index (κ3) is 6.40. The average Bonchev–Trinajstić information content (AvgIpc) is 2.91. The number of carbonyl (C=O) groups excluding carboxylic acids is 1. The first-order valence-corrected chi connectivity index (χ1v) is 13.5. The molecule has 0 unspecified atom stereocenters. The lowest BCUT2D eigenvalue weighted by Gasteiger charge is -2.33. The van der Waals surface area contributed by atoms with Crippen molar-refractivity contribution in [2.75, 3.05) is 44.6 Å². The SMILES string of the molecule is CCOc1ccc(S(=O)(=O)N2CCN(C/C=C/c3ccccc3)CC2)cc1NC(=O)c1ccccc1. The third-order valence-electron chi connectivity index (χ3n) is 5.98. The number of benzene rings is 3. The standard InChI is InChI=1S/C28H31N3O4S/c1-2-35-27-16-15-25(22-26(27)29-28(32)24-13-7-4-8-14-24)36(33,34)31-20-18-30(19-21-31)17-9-12-23-10-5-3-6-11-23/h3-16,22H,2,17-21H2,1H3,(H,29,32)/b12-9+. The molecule has 0 aliphatic carbocycles. The van der Waals surface area contributed by atoms with Gasteiger partial charge >= 0.3 is 0 Å². The predicted octanol–water partition coefficient (Wildman–Crippen LogP) is 4.36. The van der Waals surface area contributed by atoms with Gasteiger partial charge in [-0.25, -0.2) is 8.42 Å². The highest BCUT2D eigenvalue weighted by atomic mass is 32.2. The number of rotatable bonds is 9. The summed E-state index contributed by atoms with van der Waals surface area (Å²) >= 11 is 0. The zero-order chi connectivity index (χ0) is 25.4. The summed E-state index contributed by atoms with van der Waals surface area (Å²) in [5.41, 5.74) is 1.95. The Morgan fingerprint density at radius 1 is 0.944 bits per heavy atom. The zero-order valence-electron chi connectivity index (χ0n) is 20.3. The van der Waals surface area contributed by atoms with Crippen molar-refractivity contribution < 1.29 is 17.9 Å². The molecule has 1 aliphatic heterocycles. The Hall–Kier alpha value is -3.46. The van der Waals surface area contributed by atoms with E-state index >= 15 is 0 Å². The van der Waals surface area contributed by atoms with E-state index in [1.165, 1.54) is 16.4 Å². The van der Waals surface area contributed by atoms with E-state index in [1.807, 2.05) is 43.3 Å². The van der Waals surface area contributed by atoms with E-state index in [1.54, 1.807) is 30.3 Å². The molecule has 1 saturated heterocycles. The zero-order valence-corrected chi connectivity index (χ0v) is 21.2. The van der Waals surface area contributed by atoms with Crippen LogP contribution >= 0.6 is 0 Å². The molecule has 1 amide bonds. The number of nitrogens with zero attached hydrogens (tertiary/aromatic N) is 2. The molecular formula is C28H31N3O4S. The van der Waals surface area contributed by atoms with Crippen LogP contribution in [0.25, 0.3) is 6.08 Å². The summed E-state index contributed by atoms with van der Waals surface area (Å²) in [7, 11) is -3.72. The molecule has 0 spiro atoms. The summed E-state index contributed by atoms with van der Waals surface area (Å²) in [6.45, 7) is 5.09. The highest BCUT2D eigenvalue weighted by Crippen LogP contribution is 2.30. The molecule has 0 aromatic heterocycles. The van der Waals surface area contributed by atoms with Crippen LogP contribution in [-0.4, -0.2) is 62.9 Å². The molecule has 3 aromatic rings. The Bertz CT molecular complexity index is 1290. The third-order valence-corrected chi connectivity index (χ3v) is 7.87. The van der Waals surface area contributed by atoms with Crippen LogP contribution in [0.15, 0.2) is 89.8 Å². The van der Waals surface area contributed by atoms with Crippen molar-refractivity contribution in [3.8, 4) is 5.75 Å². The highest BCUT2D eigenvalue weighted by molar-refractivity contribution is 7.89. The molecule has 0 radical (unpaired) electrons. The van der Waals surface area contributed by atoms with Gasteiger partial charge in [0.25, 0.3) is 5.91 Å². The van der Waals surface area contributed by atoms with Gasteiger partial charge in [0.1, 0.15) is 5.75 Å². The lowest BCUT2D eigenvalue weighted by molar-refractivity contribution is 0.102. The van der Waals surface area contributed by atoms with Crippen LogP contribution in [0.4, 0.5) is 5.69 Å². The lowest BCUT2D eigenvalue weighted by atomic mass is 10.2. The number of amides is 1. The van der Waals surface area contributed by atoms with Crippen molar-refractivity contribution in [3.05, 3.63) is 96.1 Å². The Balaban J connectivity index is 1.43. The minimum absolute atomic E-state index is 0.131. The summed E-state index contributed by atoms with van der Waals surface area (Å²) in [6, 6.07) is 23.5.